The zero-order valence-electron chi connectivity index (χ0n) is 10.4. The third-order valence-corrected chi connectivity index (χ3v) is 5.80. The molecule has 0 N–H and O–H groups in total. The number of benzene rings is 2. The third kappa shape index (κ3) is 3.27. The van der Waals surface area contributed by atoms with Crippen molar-refractivity contribution in [1.29, 1.82) is 0 Å². The first kappa shape index (κ1) is 14.8. The fraction of sp³-hybridized carbons (Fsp3) is 0.143. The summed E-state index contributed by atoms with van der Waals surface area (Å²) >= 11 is 8.78. The van der Waals surface area contributed by atoms with Crippen LogP contribution in [0.4, 0.5) is 0 Å². The van der Waals surface area contributed by atoms with E-state index in [1.807, 2.05) is 36.4 Å². The highest BCUT2D eigenvalue weighted by molar-refractivity contribution is 9.11. The molecular weight excluding hydrogens is 392 g/mol. The summed E-state index contributed by atoms with van der Waals surface area (Å²) in [7, 11) is 3.33. The Labute approximate surface area is 133 Å². The summed E-state index contributed by atoms with van der Waals surface area (Å²) in [6.07, 6.45) is 0. The Balaban J connectivity index is 2.36. The second-order valence-electron chi connectivity index (χ2n) is 3.65. The van der Waals surface area contributed by atoms with E-state index in [4.69, 9.17) is 9.47 Å². The Morgan fingerprint density at radius 3 is 1.58 bits per heavy atom. The van der Waals surface area contributed by atoms with Crippen LogP contribution in [0.1, 0.15) is 0 Å². The summed E-state index contributed by atoms with van der Waals surface area (Å²) in [5.74, 6) is 1.65. The fourth-order valence-corrected chi connectivity index (χ4v) is 3.82. The van der Waals surface area contributed by atoms with Crippen LogP contribution in [0.2, 0.25) is 0 Å². The van der Waals surface area contributed by atoms with Crippen molar-refractivity contribution in [2.75, 3.05) is 14.2 Å². The van der Waals surface area contributed by atoms with Crippen molar-refractivity contribution in [3.05, 3.63) is 45.3 Å². The molecule has 2 aromatic rings. The van der Waals surface area contributed by atoms with Gasteiger partial charge in [-0.15, -0.1) is 0 Å². The van der Waals surface area contributed by atoms with Crippen molar-refractivity contribution in [2.24, 2.45) is 0 Å². The minimum absolute atomic E-state index is 0.823. The zero-order valence-corrected chi connectivity index (χ0v) is 14.4. The maximum Gasteiger partial charge on any atom is 0.134 e. The lowest BCUT2D eigenvalue weighted by Gasteiger charge is -2.11. The highest BCUT2D eigenvalue weighted by atomic mass is 79.9. The van der Waals surface area contributed by atoms with E-state index in [1.165, 1.54) is 0 Å². The van der Waals surface area contributed by atoms with E-state index in [1.54, 1.807) is 26.0 Å². The highest BCUT2D eigenvalue weighted by Gasteiger charge is 2.11. The number of hydrogen-bond acceptors (Lipinski definition) is 3. The van der Waals surface area contributed by atoms with Crippen LogP contribution in [-0.4, -0.2) is 14.2 Å². The third-order valence-electron chi connectivity index (χ3n) is 2.52. The molecule has 0 aliphatic rings. The maximum absolute atomic E-state index is 5.30. The molecule has 5 heteroatoms. The molecule has 0 unspecified atom stereocenters. The Morgan fingerprint density at radius 1 is 0.789 bits per heavy atom. The first-order chi connectivity index (χ1) is 9.17. The highest BCUT2D eigenvalue weighted by Crippen LogP contribution is 2.43. The molecule has 2 aromatic carbocycles. The summed E-state index contributed by atoms with van der Waals surface area (Å²) in [6, 6.07) is 11.9. The van der Waals surface area contributed by atoms with Crippen molar-refractivity contribution in [2.45, 2.75) is 9.79 Å². The Morgan fingerprint density at radius 2 is 1.21 bits per heavy atom. The number of ether oxygens (including phenoxy) is 2. The molecule has 0 heterocycles. The molecule has 0 spiro atoms. The van der Waals surface area contributed by atoms with Gasteiger partial charge in [-0.2, -0.15) is 0 Å². The number of halogens is 2. The normalized spacial score (nSPS) is 10.3. The summed E-state index contributed by atoms with van der Waals surface area (Å²) in [5, 5.41) is 0. The first-order valence-corrected chi connectivity index (χ1v) is 7.90. The topological polar surface area (TPSA) is 18.5 Å². The van der Waals surface area contributed by atoms with Gasteiger partial charge in [0.25, 0.3) is 0 Å². The number of hydrogen-bond donors (Lipinski definition) is 0. The van der Waals surface area contributed by atoms with Crippen molar-refractivity contribution in [1.82, 2.24) is 0 Å². The van der Waals surface area contributed by atoms with Gasteiger partial charge in [0.15, 0.2) is 0 Å². The predicted octanol–water partition coefficient (Wildman–Crippen LogP) is 5.38. The SMILES string of the molecule is COc1cccc(Sc2cccc(OC)c2Br)c1Br. The van der Waals surface area contributed by atoms with Crippen LogP contribution in [0.3, 0.4) is 0 Å². The van der Waals surface area contributed by atoms with E-state index in [0.29, 0.717) is 0 Å². The van der Waals surface area contributed by atoms with Crippen molar-refractivity contribution < 1.29 is 9.47 Å². The van der Waals surface area contributed by atoms with Gasteiger partial charge >= 0.3 is 0 Å². The molecule has 0 aliphatic carbocycles. The van der Waals surface area contributed by atoms with E-state index in [0.717, 1.165) is 30.2 Å². The van der Waals surface area contributed by atoms with Crippen LogP contribution in [0.15, 0.2) is 55.1 Å². The number of rotatable bonds is 4. The average Bonchev–Trinajstić information content (AvgIpc) is 2.43. The molecule has 0 radical (unpaired) electrons. The van der Waals surface area contributed by atoms with Gasteiger partial charge in [0.2, 0.25) is 0 Å². The van der Waals surface area contributed by atoms with Gasteiger partial charge < -0.3 is 9.47 Å². The summed E-state index contributed by atoms with van der Waals surface area (Å²) in [5.41, 5.74) is 0. The summed E-state index contributed by atoms with van der Waals surface area (Å²) in [4.78, 5) is 2.18. The summed E-state index contributed by atoms with van der Waals surface area (Å²) in [6.45, 7) is 0. The molecule has 2 nitrogen and oxygen atoms in total. The standard InChI is InChI=1S/C14H12Br2O2S/c1-17-9-5-3-7-11(13(9)15)19-12-8-4-6-10(18-2)14(12)16/h3-8H,1-2H3. The lowest BCUT2D eigenvalue weighted by molar-refractivity contribution is 0.410. The molecule has 2 rings (SSSR count). The molecule has 100 valence electrons. The van der Waals surface area contributed by atoms with E-state index >= 15 is 0 Å². The van der Waals surface area contributed by atoms with E-state index in [-0.39, 0.29) is 0 Å². The molecule has 0 fully saturated rings. The van der Waals surface area contributed by atoms with Gasteiger partial charge in [0, 0.05) is 9.79 Å². The largest absolute Gasteiger partial charge is 0.496 e. The van der Waals surface area contributed by atoms with E-state index in [2.05, 4.69) is 31.9 Å². The molecule has 19 heavy (non-hydrogen) atoms. The molecular formula is C14H12Br2O2S. The van der Waals surface area contributed by atoms with E-state index < -0.39 is 0 Å². The van der Waals surface area contributed by atoms with Gasteiger partial charge in [-0.1, -0.05) is 23.9 Å². The van der Waals surface area contributed by atoms with E-state index in [9.17, 15) is 0 Å². The van der Waals surface area contributed by atoms with Crippen molar-refractivity contribution in [3.8, 4) is 11.5 Å². The molecule has 0 aromatic heterocycles. The lowest BCUT2D eigenvalue weighted by atomic mass is 10.3. The van der Waals surface area contributed by atoms with Gasteiger partial charge in [-0.05, 0) is 56.1 Å². The lowest BCUT2D eigenvalue weighted by Crippen LogP contribution is -1.88. The Hall–Kier alpha value is -0.650. The quantitative estimate of drug-likeness (QED) is 0.682. The summed E-state index contributed by atoms with van der Waals surface area (Å²) < 4.78 is 12.5. The van der Waals surface area contributed by atoms with Crippen LogP contribution in [-0.2, 0) is 0 Å². The predicted molar refractivity (Wildman–Crippen MR) is 85.5 cm³/mol. The molecule has 0 amide bonds. The molecule has 0 bridgehead atoms. The number of methoxy groups -OCH3 is 2. The van der Waals surface area contributed by atoms with Crippen molar-refractivity contribution in [3.63, 3.8) is 0 Å². The second-order valence-corrected chi connectivity index (χ2v) is 6.32. The molecule has 0 aliphatic heterocycles. The van der Waals surface area contributed by atoms with Crippen LogP contribution < -0.4 is 9.47 Å². The average molecular weight is 404 g/mol. The van der Waals surface area contributed by atoms with Gasteiger partial charge in [-0.25, -0.2) is 0 Å². The van der Waals surface area contributed by atoms with Gasteiger partial charge in [0.05, 0.1) is 23.2 Å². The van der Waals surface area contributed by atoms with Crippen LogP contribution >= 0.6 is 43.6 Å². The fourth-order valence-electron chi connectivity index (χ4n) is 1.57. The first-order valence-electron chi connectivity index (χ1n) is 5.50. The monoisotopic (exact) mass is 402 g/mol. The molecule has 0 saturated carbocycles. The van der Waals surface area contributed by atoms with Gasteiger partial charge in [0.1, 0.15) is 11.5 Å². The van der Waals surface area contributed by atoms with Crippen LogP contribution in [0, 0.1) is 0 Å². The second kappa shape index (κ2) is 6.68. The maximum atomic E-state index is 5.30. The van der Waals surface area contributed by atoms with Gasteiger partial charge in [-0.3, -0.25) is 0 Å². The molecule has 0 saturated heterocycles. The minimum atomic E-state index is 0.823. The molecule has 0 atom stereocenters. The zero-order chi connectivity index (χ0) is 13.8. The van der Waals surface area contributed by atoms with Crippen LogP contribution in [0.5, 0.6) is 11.5 Å². The smallest absolute Gasteiger partial charge is 0.134 e. The van der Waals surface area contributed by atoms with Crippen LogP contribution in [0.25, 0.3) is 0 Å². The Bertz CT molecular complexity index is 536. The minimum Gasteiger partial charge on any atom is -0.496 e. The van der Waals surface area contributed by atoms with Crippen molar-refractivity contribution >= 4 is 43.6 Å². The Kier molecular flexibility index (Phi) is 5.19.